The number of esters is 1. The van der Waals surface area contributed by atoms with Crippen LogP contribution in [0.5, 0.6) is 11.5 Å². The third-order valence-electron chi connectivity index (χ3n) is 8.02. The number of halogens is 7. The highest BCUT2D eigenvalue weighted by atomic mass is 35.5. The number of anilines is 1. The van der Waals surface area contributed by atoms with Gasteiger partial charge in [0.1, 0.15) is 6.10 Å². The molecule has 16 heteroatoms. The Balaban J connectivity index is 1.48. The predicted octanol–water partition coefficient (Wildman–Crippen LogP) is 7.23. The second-order valence-corrected chi connectivity index (χ2v) is 12.4. The van der Waals surface area contributed by atoms with Gasteiger partial charge in [-0.05, 0) is 60.2 Å². The van der Waals surface area contributed by atoms with E-state index >= 15 is 0 Å². The lowest BCUT2D eigenvalue weighted by atomic mass is 10.0. The number of hydrogen-bond acceptors (Lipinski definition) is 8. The van der Waals surface area contributed by atoms with E-state index in [-0.39, 0.29) is 58.3 Å². The summed E-state index contributed by atoms with van der Waals surface area (Å²) in [6.45, 7) is -0.304. The summed E-state index contributed by atoms with van der Waals surface area (Å²) in [6.07, 6.45) is -1.44. The Labute approximate surface area is 288 Å². The van der Waals surface area contributed by atoms with E-state index in [1.807, 2.05) is 4.90 Å². The van der Waals surface area contributed by atoms with Gasteiger partial charge in [0.25, 0.3) is 0 Å². The largest absolute Gasteiger partial charge is 0.489 e. The predicted molar refractivity (Wildman–Crippen MR) is 170 cm³/mol. The van der Waals surface area contributed by atoms with Crippen LogP contribution in [-0.4, -0.2) is 74.9 Å². The zero-order chi connectivity index (χ0) is 35.1. The number of aromatic nitrogens is 1. The fraction of sp³-hybridized carbons (Fsp3) is 0.424. The molecule has 0 bridgehead atoms. The van der Waals surface area contributed by atoms with E-state index < -0.39 is 36.0 Å². The summed E-state index contributed by atoms with van der Waals surface area (Å²) < 4.78 is 90.1. The summed E-state index contributed by atoms with van der Waals surface area (Å²) in [4.78, 5) is 32.8. The number of pyridine rings is 1. The molecule has 2 aliphatic rings. The van der Waals surface area contributed by atoms with Crippen LogP contribution in [0.1, 0.15) is 46.0 Å². The average Bonchev–Trinajstić information content (AvgIpc) is 3.90. The molecular formula is C33H32Cl2F5N3O6. The molecule has 0 unspecified atom stereocenters. The fourth-order valence-electron chi connectivity index (χ4n) is 5.14. The Kier molecular flexibility index (Phi) is 12.2. The third-order valence-corrected chi connectivity index (χ3v) is 8.67. The van der Waals surface area contributed by atoms with Crippen molar-refractivity contribution in [2.24, 2.45) is 5.92 Å². The monoisotopic (exact) mass is 731 g/mol. The molecule has 49 heavy (non-hydrogen) atoms. The van der Waals surface area contributed by atoms with Crippen LogP contribution in [0.3, 0.4) is 0 Å². The molecule has 1 aliphatic heterocycles. The molecule has 2 aromatic carbocycles. The number of hydrogen-bond donors (Lipinski definition) is 0. The summed E-state index contributed by atoms with van der Waals surface area (Å²) in [5.41, 5.74) is -1.27. The zero-order valence-electron chi connectivity index (χ0n) is 25.9. The van der Waals surface area contributed by atoms with Crippen LogP contribution in [0, 0.1) is 5.92 Å². The van der Waals surface area contributed by atoms with Gasteiger partial charge in [0, 0.05) is 50.7 Å². The van der Waals surface area contributed by atoms with Crippen molar-refractivity contribution in [1.29, 1.82) is 0 Å². The molecule has 9 nitrogen and oxygen atoms in total. The minimum Gasteiger partial charge on any atom is -0.489 e. The van der Waals surface area contributed by atoms with Gasteiger partial charge < -0.3 is 23.8 Å². The van der Waals surface area contributed by atoms with Gasteiger partial charge in [-0.15, -0.1) is 0 Å². The van der Waals surface area contributed by atoms with Crippen LogP contribution in [-0.2, 0) is 26.9 Å². The van der Waals surface area contributed by atoms with Gasteiger partial charge in [0.15, 0.2) is 11.5 Å². The van der Waals surface area contributed by atoms with E-state index in [2.05, 4.69) is 9.72 Å². The summed E-state index contributed by atoms with van der Waals surface area (Å²) in [6, 6.07) is 6.49. The maximum absolute atomic E-state index is 14.1. The third kappa shape index (κ3) is 10.2. The zero-order valence-corrected chi connectivity index (χ0v) is 27.4. The lowest BCUT2D eigenvalue weighted by Crippen LogP contribution is -2.41. The van der Waals surface area contributed by atoms with Crippen LogP contribution in [0.25, 0.3) is 0 Å². The van der Waals surface area contributed by atoms with E-state index in [0.29, 0.717) is 50.9 Å². The lowest BCUT2D eigenvalue weighted by Gasteiger charge is -2.29. The second kappa shape index (κ2) is 16.3. The Bertz CT molecular complexity index is 1600. The molecule has 1 saturated heterocycles. The van der Waals surface area contributed by atoms with Crippen molar-refractivity contribution in [1.82, 2.24) is 9.88 Å². The second-order valence-electron chi connectivity index (χ2n) is 11.5. The Morgan fingerprint density at radius 1 is 1.06 bits per heavy atom. The number of nitrogens with zero attached hydrogens (tertiary/aromatic N) is 3. The maximum atomic E-state index is 14.1. The van der Waals surface area contributed by atoms with Gasteiger partial charge in [0.05, 0.1) is 41.0 Å². The van der Waals surface area contributed by atoms with Crippen molar-refractivity contribution in [3.05, 3.63) is 81.1 Å². The molecule has 0 spiro atoms. The van der Waals surface area contributed by atoms with Crippen LogP contribution in [0.2, 0.25) is 10.0 Å². The van der Waals surface area contributed by atoms with E-state index in [0.717, 1.165) is 29.9 Å². The normalized spacial score (nSPS) is 15.9. The van der Waals surface area contributed by atoms with Gasteiger partial charge in [-0.3, -0.25) is 14.7 Å². The lowest BCUT2D eigenvalue weighted by molar-refractivity contribution is -0.137. The number of rotatable bonds is 15. The van der Waals surface area contributed by atoms with Crippen molar-refractivity contribution in [2.45, 2.75) is 38.2 Å². The SMILES string of the molecule is O=CN(CCN1CCOCC1)c1cc(C(=O)O[C@@H](Cc2c(Cl)cncc2Cl)c2ccc(OC(F)F)c(OCC3CC3)c2)cc(C(F)(F)F)c1. The fourth-order valence-corrected chi connectivity index (χ4v) is 5.66. The molecular weight excluding hydrogens is 700 g/mol. The molecule has 3 aromatic rings. The van der Waals surface area contributed by atoms with Gasteiger partial charge in [0.2, 0.25) is 6.41 Å². The van der Waals surface area contributed by atoms with Gasteiger partial charge in [-0.2, -0.15) is 22.0 Å². The molecule has 1 atom stereocenters. The molecule has 1 saturated carbocycles. The first kappa shape index (κ1) is 36.6. The van der Waals surface area contributed by atoms with Gasteiger partial charge in [-0.25, -0.2) is 4.79 Å². The van der Waals surface area contributed by atoms with Crippen molar-refractivity contribution < 1.29 is 50.5 Å². The smallest absolute Gasteiger partial charge is 0.416 e. The highest BCUT2D eigenvalue weighted by Gasteiger charge is 2.33. The van der Waals surface area contributed by atoms with Gasteiger partial charge in [-0.1, -0.05) is 29.3 Å². The van der Waals surface area contributed by atoms with Gasteiger partial charge >= 0.3 is 18.8 Å². The Hall–Kier alpha value is -3.72. The summed E-state index contributed by atoms with van der Waals surface area (Å²) in [7, 11) is 0. The molecule has 5 rings (SSSR count). The number of amides is 1. The Morgan fingerprint density at radius 2 is 1.78 bits per heavy atom. The first-order chi connectivity index (χ1) is 23.4. The number of carbonyl (C=O) groups excluding carboxylic acids is 2. The maximum Gasteiger partial charge on any atom is 0.416 e. The molecule has 0 N–H and O–H groups in total. The minimum absolute atomic E-state index is 0.0408. The number of carbonyl (C=O) groups is 2. The van der Waals surface area contributed by atoms with Crippen molar-refractivity contribution in [2.75, 3.05) is 50.9 Å². The van der Waals surface area contributed by atoms with E-state index in [1.54, 1.807) is 0 Å². The van der Waals surface area contributed by atoms with E-state index in [1.165, 1.54) is 30.6 Å². The summed E-state index contributed by atoms with van der Waals surface area (Å²) >= 11 is 12.7. The first-order valence-electron chi connectivity index (χ1n) is 15.4. The number of ether oxygens (including phenoxy) is 4. The quantitative estimate of drug-likeness (QED) is 0.0919. The average molecular weight is 733 g/mol. The topological polar surface area (TPSA) is 90.4 Å². The van der Waals surface area contributed by atoms with E-state index in [4.69, 9.17) is 37.4 Å². The molecule has 1 aromatic heterocycles. The molecule has 2 fully saturated rings. The standard InChI is InChI=1S/C33H32Cl2F5N3O6/c34-26-16-41-17-27(35)25(26)15-29(21-3-4-28(49-32(36)37)30(13-21)47-18-20-1-2-20)48-31(45)22-11-23(33(38,39)40)14-24(12-22)43(19-44)6-5-42-7-9-46-10-8-42/h3-4,11-14,16-17,19-20,29,32H,1-2,5-10,15,18H2/t29-/m0/s1. The van der Waals surface area contributed by atoms with Crippen LogP contribution < -0.4 is 14.4 Å². The van der Waals surface area contributed by atoms with Crippen LogP contribution >= 0.6 is 23.2 Å². The molecule has 0 radical (unpaired) electrons. The highest BCUT2D eigenvalue weighted by Crippen LogP contribution is 2.39. The number of benzene rings is 2. The minimum atomic E-state index is -4.87. The number of alkyl halides is 5. The first-order valence-corrected chi connectivity index (χ1v) is 16.1. The van der Waals surface area contributed by atoms with Crippen molar-refractivity contribution in [3.8, 4) is 11.5 Å². The summed E-state index contributed by atoms with van der Waals surface area (Å²) in [5, 5.41) is 0.249. The van der Waals surface area contributed by atoms with Crippen LogP contribution in [0.4, 0.5) is 27.6 Å². The van der Waals surface area contributed by atoms with E-state index in [9.17, 15) is 31.5 Å². The molecule has 1 aliphatic carbocycles. The summed E-state index contributed by atoms with van der Waals surface area (Å²) in [5.74, 6) is -1.20. The van der Waals surface area contributed by atoms with Crippen molar-refractivity contribution >= 4 is 41.3 Å². The molecule has 1 amide bonds. The molecule has 264 valence electrons. The Morgan fingerprint density at radius 3 is 2.41 bits per heavy atom. The highest BCUT2D eigenvalue weighted by molar-refractivity contribution is 6.35. The van der Waals surface area contributed by atoms with Crippen LogP contribution in [0.15, 0.2) is 48.8 Å². The van der Waals surface area contributed by atoms with Crippen molar-refractivity contribution in [3.63, 3.8) is 0 Å². The molecule has 2 heterocycles. The number of morpholine rings is 1.